The lowest BCUT2D eigenvalue weighted by atomic mass is 10.1. The Kier molecular flexibility index (Phi) is 4.32. The van der Waals surface area contributed by atoms with Gasteiger partial charge >= 0.3 is 5.69 Å². The van der Waals surface area contributed by atoms with Crippen LogP contribution in [-0.2, 0) is 0 Å². The van der Waals surface area contributed by atoms with Crippen molar-refractivity contribution >= 4 is 22.6 Å². The van der Waals surface area contributed by atoms with E-state index < -0.39 is 0 Å². The predicted molar refractivity (Wildman–Crippen MR) is 80.1 cm³/mol. The molecule has 0 aliphatic rings. The predicted octanol–water partition coefficient (Wildman–Crippen LogP) is 2.89. The third kappa shape index (κ3) is 2.85. The first kappa shape index (κ1) is 14.2. The van der Waals surface area contributed by atoms with Crippen LogP contribution in [0, 0.1) is 0 Å². The van der Waals surface area contributed by atoms with E-state index in [1.807, 2.05) is 32.3 Å². The van der Waals surface area contributed by atoms with Crippen molar-refractivity contribution in [3.05, 3.63) is 33.7 Å². The number of hydrogen-bond donors (Lipinski definition) is 1. The molecule has 2 rings (SSSR count). The molecule has 0 spiro atoms. The van der Waals surface area contributed by atoms with Crippen LogP contribution in [0.5, 0.6) is 0 Å². The van der Waals surface area contributed by atoms with Crippen LogP contribution < -0.4 is 5.69 Å². The lowest BCUT2D eigenvalue weighted by Gasteiger charge is -2.19. The molecule has 0 saturated heterocycles. The molecule has 1 atom stereocenters. The van der Waals surface area contributed by atoms with Gasteiger partial charge in [0.15, 0.2) is 0 Å². The van der Waals surface area contributed by atoms with Gasteiger partial charge in [0.25, 0.3) is 0 Å². The monoisotopic (exact) mass is 281 g/mol. The number of para-hydroxylation sites is 1. The van der Waals surface area contributed by atoms with Crippen molar-refractivity contribution in [3.63, 3.8) is 0 Å². The first-order valence-electron chi connectivity index (χ1n) is 6.58. The van der Waals surface area contributed by atoms with Gasteiger partial charge in [-0.1, -0.05) is 24.6 Å². The maximum absolute atomic E-state index is 12.2. The van der Waals surface area contributed by atoms with E-state index in [0.29, 0.717) is 5.02 Å². The molecular formula is C14H20ClN3O. The highest BCUT2D eigenvalue weighted by Gasteiger charge is 2.17. The summed E-state index contributed by atoms with van der Waals surface area (Å²) in [6.07, 6.45) is 1.84. The molecule has 0 aliphatic carbocycles. The summed E-state index contributed by atoms with van der Waals surface area (Å²) in [5.41, 5.74) is 1.55. The molecule has 0 saturated carbocycles. The third-order valence-corrected chi connectivity index (χ3v) is 3.74. The Morgan fingerprint density at radius 2 is 2.16 bits per heavy atom. The van der Waals surface area contributed by atoms with Crippen LogP contribution in [0.15, 0.2) is 23.0 Å². The molecule has 0 bridgehead atoms. The van der Waals surface area contributed by atoms with Crippen LogP contribution in [0.4, 0.5) is 0 Å². The van der Waals surface area contributed by atoms with Gasteiger partial charge in [-0.3, -0.25) is 4.57 Å². The Morgan fingerprint density at radius 3 is 2.79 bits per heavy atom. The number of hydrogen-bond acceptors (Lipinski definition) is 2. The quantitative estimate of drug-likeness (QED) is 0.915. The molecule has 19 heavy (non-hydrogen) atoms. The Bertz CT molecular complexity index is 615. The van der Waals surface area contributed by atoms with Crippen LogP contribution in [-0.4, -0.2) is 35.1 Å². The van der Waals surface area contributed by atoms with Crippen molar-refractivity contribution in [2.45, 2.75) is 25.8 Å². The maximum atomic E-state index is 12.2. The smallest absolute Gasteiger partial charge is 0.309 e. The normalized spacial score (nSPS) is 13.3. The van der Waals surface area contributed by atoms with Crippen LogP contribution in [0.1, 0.15) is 25.8 Å². The van der Waals surface area contributed by atoms with Gasteiger partial charge < -0.3 is 9.88 Å². The zero-order chi connectivity index (χ0) is 14.0. The fourth-order valence-electron chi connectivity index (χ4n) is 2.41. The van der Waals surface area contributed by atoms with Gasteiger partial charge in [-0.15, -0.1) is 0 Å². The van der Waals surface area contributed by atoms with Gasteiger partial charge in [-0.25, -0.2) is 4.79 Å². The molecule has 2 aromatic rings. The Balaban J connectivity index is 2.47. The summed E-state index contributed by atoms with van der Waals surface area (Å²) >= 11 is 6.25. The van der Waals surface area contributed by atoms with E-state index >= 15 is 0 Å². The summed E-state index contributed by atoms with van der Waals surface area (Å²) in [6.45, 7) is 3.05. The average molecular weight is 282 g/mol. The lowest BCUT2D eigenvalue weighted by molar-refractivity contribution is 0.342. The summed E-state index contributed by atoms with van der Waals surface area (Å²) in [4.78, 5) is 17.2. The van der Waals surface area contributed by atoms with Gasteiger partial charge in [0.05, 0.1) is 16.1 Å². The molecule has 0 radical (unpaired) electrons. The van der Waals surface area contributed by atoms with E-state index in [4.69, 9.17) is 11.6 Å². The number of nitrogens with one attached hydrogen (secondary N) is 1. The molecule has 1 aromatic carbocycles. The van der Waals surface area contributed by atoms with E-state index in [2.05, 4.69) is 16.8 Å². The summed E-state index contributed by atoms with van der Waals surface area (Å²) < 4.78 is 1.81. The number of aromatic amines is 1. The van der Waals surface area contributed by atoms with Crippen molar-refractivity contribution in [3.8, 4) is 0 Å². The Labute approximate surface area is 118 Å². The van der Waals surface area contributed by atoms with Gasteiger partial charge in [0, 0.05) is 6.04 Å². The molecule has 1 N–H and O–H groups in total. The lowest BCUT2D eigenvalue weighted by Crippen LogP contribution is -2.25. The minimum absolute atomic E-state index is 0.0753. The molecule has 1 heterocycles. The molecule has 0 aliphatic heterocycles. The topological polar surface area (TPSA) is 41.0 Å². The number of halogens is 1. The number of imidazole rings is 1. The van der Waals surface area contributed by atoms with Gasteiger partial charge in [-0.05, 0) is 45.6 Å². The van der Waals surface area contributed by atoms with Crippen molar-refractivity contribution in [1.82, 2.24) is 14.5 Å². The first-order chi connectivity index (χ1) is 9.04. The number of aromatic nitrogens is 2. The molecule has 0 amide bonds. The van der Waals surface area contributed by atoms with E-state index in [1.165, 1.54) is 0 Å². The van der Waals surface area contributed by atoms with Crippen LogP contribution >= 0.6 is 11.6 Å². The van der Waals surface area contributed by atoms with Gasteiger partial charge in [0.2, 0.25) is 0 Å². The van der Waals surface area contributed by atoms with Crippen LogP contribution in [0.25, 0.3) is 11.0 Å². The maximum Gasteiger partial charge on any atom is 0.326 e. The molecule has 104 valence electrons. The molecule has 1 unspecified atom stereocenters. The van der Waals surface area contributed by atoms with Crippen LogP contribution in [0.2, 0.25) is 5.02 Å². The number of H-pyrrole nitrogens is 1. The van der Waals surface area contributed by atoms with E-state index in [0.717, 1.165) is 30.4 Å². The van der Waals surface area contributed by atoms with Gasteiger partial charge in [0.1, 0.15) is 0 Å². The minimum Gasteiger partial charge on any atom is -0.309 e. The van der Waals surface area contributed by atoms with Crippen molar-refractivity contribution in [2.24, 2.45) is 0 Å². The molecule has 4 nitrogen and oxygen atoms in total. The average Bonchev–Trinajstić information content (AvgIpc) is 2.68. The summed E-state index contributed by atoms with van der Waals surface area (Å²) in [6, 6.07) is 5.74. The van der Waals surface area contributed by atoms with Crippen molar-refractivity contribution in [2.75, 3.05) is 20.6 Å². The van der Waals surface area contributed by atoms with Crippen LogP contribution in [0.3, 0.4) is 0 Å². The number of fused-ring (bicyclic) bond motifs is 1. The first-order valence-corrected chi connectivity index (χ1v) is 6.95. The third-order valence-electron chi connectivity index (χ3n) is 3.43. The summed E-state index contributed by atoms with van der Waals surface area (Å²) in [7, 11) is 4.08. The Morgan fingerprint density at radius 1 is 1.42 bits per heavy atom. The number of rotatable bonds is 5. The van der Waals surface area contributed by atoms with Crippen molar-refractivity contribution in [1.29, 1.82) is 0 Å². The van der Waals surface area contributed by atoms with E-state index in [1.54, 1.807) is 4.57 Å². The summed E-state index contributed by atoms with van der Waals surface area (Å²) in [5, 5.41) is 0.624. The molecular weight excluding hydrogens is 262 g/mol. The largest absolute Gasteiger partial charge is 0.326 e. The zero-order valence-electron chi connectivity index (χ0n) is 11.6. The van der Waals surface area contributed by atoms with E-state index in [9.17, 15) is 4.79 Å². The summed E-state index contributed by atoms with van der Waals surface area (Å²) in [5.74, 6) is 0. The minimum atomic E-state index is -0.0753. The highest BCUT2D eigenvalue weighted by Crippen LogP contribution is 2.26. The fourth-order valence-corrected chi connectivity index (χ4v) is 2.68. The van der Waals surface area contributed by atoms with Gasteiger partial charge in [-0.2, -0.15) is 0 Å². The highest BCUT2D eigenvalue weighted by atomic mass is 35.5. The Hall–Kier alpha value is -1.26. The second-order valence-electron chi connectivity index (χ2n) is 5.09. The molecule has 5 heteroatoms. The molecule has 0 fully saturated rings. The number of benzene rings is 1. The zero-order valence-corrected chi connectivity index (χ0v) is 12.4. The second kappa shape index (κ2) is 5.80. The SMILES string of the molecule is CCC(CCN(C)C)n1c(=O)[nH]c2cccc(Cl)c21. The highest BCUT2D eigenvalue weighted by molar-refractivity contribution is 6.34. The van der Waals surface area contributed by atoms with E-state index in [-0.39, 0.29) is 11.7 Å². The van der Waals surface area contributed by atoms with Crippen molar-refractivity contribution < 1.29 is 0 Å². The second-order valence-corrected chi connectivity index (χ2v) is 5.50. The molecule has 1 aromatic heterocycles. The fraction of sp³-hybridized carbons (Fsp3) is 0.500. The standard InChI is InChI=1S/C14H20ClN3O/c1-4-10(8-9-17(2)3)18-13-11(15)6-5-7-12(13)16-14(18)19/h5-7,10H,4,8-9H2,1-3H3,(H,16,19). The number of nitrogens with zero attached hydrogens (tertiary/aromatic N) is 2.